The Kier molecular flexibility index (Phi) is 5.37. The first kappa shape index (κ1) is 17.7. The van der Waals surface area contributed by atoms with Crippen LogP contribution in [0.5, 0.6) is 11.5 Å². The fourth-order valence-corrected chi connectivity index (χ4v) is 2.88. The molecule has 0 saturated carbocycles. The monoisotopic (exact) mass is 350 g/mol. The normalized spacial score (nSPS) is 15.0. The largest absolute Gasteiger partial charge is 0.497 e. The van der Waals surface area contributed by atoms with Gasteiger partial charge in [-0.2, -0.15) is 0 Å². The van der Waals surface area contributed by atoms with E-state index >= 15 is 0 Å². The Morgan fingerprint density at radius 1 is 1.08 bits per heavy atom. The Bertz CT molecular complexity index is 885. The molecule has 0 bridgehead atoms. The van der Waals surface area contributed by atoms with Crippen molar-refractivity contribution < 1.29 is 14.3 Å². The van der Waals surface area contributed by atoms with E-state index in [2.05, 4.69) is 10.3 Å². The molecule has 1 aliphatic rings. The van der Waals surface area contributed by atoms with Gasteiger partial charge in [0.2, 0.25) is 0 Å². The molecule has 2 aromatic rings. The lowest BCUT2D eigenvalue weighted by Gasteiger charge is -2.04. The van der Waals surface area contributed by atoms with Crippen molar-refractivity contribution >= 4 is 17.8 Å². The van der Waals surface area contributed by atoms with Gasteiger partial charge in [-0.05, 0) is 60.4 Å². The number of amides is 1. The quantitative estimate of drug-likeness (QED) is 0.811. The van der Waals surface area contributed by atoms with Crippen LogP contribution in [0.4, 0.5) is 0 Å². The van der Waals surface area contributed by atoms with Gasteiger partial charge in [0.05, 0.1) is 14.2 Å². The van der Waals surface area contributed by atoms with Gasteiger partial charge in [-0.15, -0.1) is 0 Å². The second-order valence-corrected chi connectivity index (χ2v) is 6.12. The molecule has 1 aliphatic heterocycles. The van der Waals surface area contributed by atoms with E-state index in [-0.39, 0.29) is 5.91 Å². The maximum atomic E-state index is 12.2. The smallest absolute Gasteiger partial charge is 0.275 e. The predicted molar refractivity (Wildman–Crippen MR) is 103 cm³/mol. The molecule has 0 saturated heterocycles. The number of hydrogen-bond donors (Lipinski definition) is 1. The summed E-state index contributed by atoms with van der Waals surface area (Å²) in [5.41, 5.74) is 3.51. The molecule has 5 nitrogen and oxygen atoms in total. The lowest BCUT2D eigenvalue weighted by molar-refractivity contribution is -0.115. The molecular formula is C21H22N2O3. The summed E-state index contributed by atoms with van der Waals surface area (Å²) in [6.45, 7) is 1.97. The van der Waals surface area contributed by atoms with Crippen molar-refractivity contribution in [2.24, 2.45) is 4.99 Å². The standard InChI is InChI=1S/C21H22N2O3/c1-14-11-16(7-9-19(14)26-3)13-18-21(24)23-20(22-18)10-8-15-5-4-6-17(12-15)25-2/h4-7,9,11-13H,8,10H2,1-3H3,(H,22,23,24)/b18-13+. The molecule has 2 aromatic carbocycles. The molecule has 0 atom stereocenters. The number of rotatable bonds is 6. The van der Waals surface area contributed by atoms with Crippen LogP contribution in [0, 0.1) is 6.92 Å². The summed E-state index contributed by atoms with van der Waals surface area (Å²) < 4.78 is 10.5. The lowest BCUT2D eigenvalue weighted by Crippen LogP contribution is -2.24. The third-order valence-corrected chi connectivity index (χ3v) is 4.25. The van der Waals surface area contributed by atoms with E-state index in [0.29, 0.717) is 18.0 Å². The summed E-state index contributed by atoms with van der Waals surface area (Å²) in [5, 5.41) is 2.85. The Morgan fingerprint density at radius 2 is 1.92 bits per heavy atom. The number of amidine groups is 1. The first-order valence-corrected chi connectivity index (χ1v) is 8.47. The highest BCUT2D eigenvalue weighted by Gasteiger charge is 2.19. The number of carbonyl (C=O) groups excluding carboxylic acids is 1. The summed E-state index contributed by atoms with van der Waals surface area (Å²) in [5.74, 6) is 2.18. The Morgan fingerprint density at radius 3 is 2.65 bits per heavy atom. The number of methoxy groups -OCH3 is 2. The number of benzene rings is 2. The van der Waals surface area contributed by atoms with E-state index in [0.717, 1.165) is 34.6 Å². The van der Waals surface area contributed by atoms with Gasteiger partial charge in [-0.3, -0.25) is 4.79 Å². The van der Waals surface area contributed by atoms with E-state index < -0.39 is 0 Å². The molecule has 0 radical (unpaired) electrons. The average molecular weight is 350 g/mol. The molecule has 3 rings (SSSR count). The topological polar surface area (TPSA) is 59.9 Å². The van der Waals surface area contributed by atoms with Gasteiger partial charge in [0.1, 0.15) is 23.0 Å². The third-order valence-electron chi connectivity index (χ3n) is 4.25. The van der Waals surface area contributed by atoms with Crippen molar-refractivity contribution in [2.75, 3.05) is 14.2 Å². The van der Waals surface area contributed by atoms with Gasteiger partial charge >= 0.3 is 0 Å². The lowest BCUT2D eigenvalue weighted by atomic mass is 10.1. The van der Waals surface area contributed by atoms with Crippen LogP contribution in [-0.4, -0.2) is 26.0 Å². The Labute approximate surface area is 153 Å². The molecule has 0 aromatic heterocycles. The zero-order valence-electron chi connectivity index (χ0n) is 15.2. The molecule has 5 heteroatoms. The van der Waals surface area contributed by atoms with Crippen LogP contribution in [0.25, 0.3) is 6.08 Å². The fraction of sp³-hybridized carbons (Fsp3) is 0.238. The zero-order valence-corrected chi connectivity index (χ0v) is 15.2. The van der Waals surface area contributed by atoms with E-state index in [1.807, 2.05) is 49.4 Å². The van der Waals surface area contributed by atoms with Crippen LogP contribution in [0.3, 0.4) is 0 Å². The zero-order chi connectivity index (χ0) is 18.5. The molecule has 0 fully saturated rings. The maximum Gasteiger partial charge on any atom is 0.275 e. The predicted octanol–water partition coefficient (Wildman–Crippen LogP) is 3.51. The Balaban J connectivity index is 1.71. The molecule has 134 valence electrons. The van der Waals surface area contributed by atoms with Crippen LogP contribution >= 0.6 is 0 Å². The van der Waals surface area contributed by atoms with Crippen molar-refractivity contribution in [3.05, 3.63) is 64.9 Å². The van der Waals surface area contributed by atoms with Crippen LogP contribution in [-0.2, 0) is 11.2 Å². The van der Waals surface area contributed by atoms with Crippen molar-refractivity contribution in [1.82, 2.24) is 5.32 Å². The fourth-order valence-electron chi connectivity index (χ4n) is 2.88. The van der Waals surface area contributed by atoms with Crippen LogP contribution < -0.4 is 14.8 Å². The van der Waals surface area contributed by atoms with Crippen molar-refractivity contribution in [3.8, 4) is 11.5 Å². The van der Waals surface area contributed by atoms with E-state index in [9.17, 15) is 4.79 Å². The average Bonchev–Trinajstić information content (AvgIpc) is 3.00. The number of aliphatic imine (C=N–C) groups is 1. The number of carbonyl (C=O) groups is 1. The Hall–Kier alpha value is -3.08. The van der Waals surface area contributed by atoms with Gasteiger partial charge < -0.3 is 14.8 Å². The molecule has 0 spiro atoms. The van der Waals surface area contributed by atoms with Gasteiger partial charge in [0, 0.05) is 6.42 Å². The van der Waals surface area contributed by atoms with E-state index in [4.69, 9.17) is 9.47 Å². The maximum absolute atomic E-state index is 12.2. The summed E-state index contributed by atoms with van der Waals surface area (Å²) in [4.78, 5) is 16.6. The summed E-state index contributed by atoms with van der Waals surface area (Å²) in [6.07, 6.45) is 3.24. The highest BCUT2D eigenvalue weighted by Crippen LogP contribution is 2.21. The first-order chi connectivity index (χ1) is 12.6. The van der Waals surface area contributed by atoms with Crippen LogP contribution in [0.2, 0.25) is 0 Å². The minimum atomic E-state index is -0.167. The van der Waals surface area contributed by atoms with Crippen LogP contribution in [0.15, 0.2) is 53.2 Å². The third kappa shape index (κ3) is 4.11. The van der Waals surface area contributed by atoms with Crippen molar-refractivity contribution in [1.29, 1.82) is 0 Å². The molecule has 1 N–H and O–H groups in total. The van der Waals surface area contributed by atoms with Crippen molar-refractivity contribution in [2.45, 2.75) is 19.8 Å². The molecular weight excluding hydrogens is 328 g/mol. The number of hydrogen-bond acceptors (Lipinski definition) is 4. The van der Waals surface area contributed by atoms with Crippen LogP contribution in [0.1, 0.15) is 23.1 Å². The number of nitrogens with zero attached hydrogens (tertiary/aromatic N) is 1. The molecule has 0 unspecified atom stereocenters. The summed E-state index contributed by atoms with van der Waals surface area (Å²) >= 11 is 0. The van der Waals surface area contributed by atoms with E-state index in [1.54, 1.807) is 20.3 Å². The summed E-state index contributed by atoms with van der Waals surface area (Å²) in [7, 11) is 3.29. The highest BCUT2D eigenvalue weighted by molar-refractivity contribution is 6.14. The first-order valence-electron chi connectivity index (χ1n) is 8.47. The summed E-state index contributed by atoms with van der Waals surface area (Å²) in [6, 6.07) is 13.7. The van der Waals surface area contributed by atoms with Gasteiger partial charge in [0.25, 0.3) is 5.91 Å². The number of ether oxygens (including phenoxy) is 2. The molecule has 1 heterocycles. The second kappa shape index (κ2) is 7.87. The SMILES string of the molecule is COc1cccc(CCC2=N/C(=C/c3ccc(OC)c(C)c3)C(=O)N2)c1. The molecule has 0 aliphatic carbocycles. The molecule has 26 heavy (non-hydrogen) atoms. The van der Waals surface area contributed by atoms with Gasteiger partial charge in [0.15, 0.2) is 0 Å². The van der Waals surface area contributed by atoms with Gasteiger partial charge in [-0.25, -0.2) is 4.99 Å². The van der Waals surface area contributed by atoms with Crippen molar-refractivity contribution in [3.63, 3.8) is 0 Å². The van der Waals surface area contributed by atoms with Gasteiger partial charge in [-0.1, -0.05) is 18.2 Å². The number of nitrogens with one attached hydrogen (secondary N) is 1. The van der Waals surface area contributed by atoms with E-state index in [1.165, 1.54) is 0 Å². The minimum absolute atomic E-state index is 0.167. The minimum Gasteiger partial charge on any atom is -0.497 e. The number of aryl methyl sites for hydroxylation is 2. The molecule has 1 amide bonds. The second-order valence-electron chi connectivity index (χ2n) is 6.12. The highest BCUT2D eigenvalue weighted by atomic mass is 16.5.